The average molecular weight is 340 g/mol. The zero-order chi connectivity index (χ0) is 16.5. The number of rotatable bonds is 4. The highest BCUT2D eigenvalue weighted by atomic mass is 32.1. The molecule has 2 aromatic rings. The lowest BCUT2D eigenvalue weighted by molar-refractivity contribution is -0.140. The van der Waals surface area contributed by atoms with Crippen molar-refractivity contribution in [1.29, 1.82) is 0 Å². The molecule has 0 saturated carbocycles. The smallest absolute Gasteiger partial charge is 0.227 e. The molecule has 3 fully saturated rings. The summed E-state index contributed by atoms with van der Waals surface area (Å²) in [4.78, 5) is 20.3. The third-order valence-corrected chi connectivity index (χ3v) is 6.23. The quantitative estimate of drug-likeness (QED) is 0.848. The molecule has 126 valence electrons. The normalized spacial score (nSPS) is 24.4. The van der Waals surface area contributed by atoms with E-state index in [1.165, 1.54) is 15.3 Å². The number of nitrogens with zero attached hydrogens (tertiary/aromatic N) is 2. The van der Waals surface area contributed by atoms with Crippen molar-refractivity contribution in [3.8, 4) is 0 Å². The highest BCUT2D eigenvalue weighted by molar-refractivity contribution is 7.11. The Morgan fingerprint density at radius 2 is 1.88 bits per heavy atom. The lowest BCUT2D eigenvalue weighted by Gasteiger charge is -2.36. The van der Waals surface area contributed by atoms with Gasteiger partial charge in [0.25, 0.3) is 0 Å². The Hall–Kier alpha value is -1.65. The monoisotopic (exact) mass is 340 g/mol. The van der Waals surface area contributed by atoms with Crippen LogP contribution in [0.15, 0.2) is 42.5 Å². The van der Waals surface area contributed by atoms with Gasteiger partial charge in [0, 0.05) is 42.0 Å². The standard InChI is InChI=1S/C20H24N2OS/c1-15-7-10-19(24-15)14-21-12-17-8-9-18(13-21)22(20(17)23)11-16-5-3-2-4-6-16/h2-7,10,17-18H,8-9,11-14H2,1H3/t17-,18+/m0/s1. The highest BCUT2D eigenvalue weighted by Crippen LogP contribution is 2.31. The molecule has 24 heavy (non-hydrogen) atoms. The van der Waals surface area contributed by atoms with E-state index in [9.17, 15) is 4.79 Å². The molecule has 0 radical (unpaired) electrons. The number of carbonyl (C=O) groups is 1. The molecule has 3 nitrogen and oxygen atoms in total. The van der Waals surface area contributed by atoms with Crippen molar-refractivity contribution in [1.82, 2.24) is 9.80 Å². The van der Waals surface area contributed by atoms with Gasteiger partial charge < -0.3 is 4.90 Å². The molecular formula is C20H24N2OS. The summed E-state index contributed by atoms with van der Waals surface area (Å²) < 4.78 is 0. The van der Waals surface area contributed by atoms with Crippen molar-refractivity contribution in [3.05, 3.63) is 57.8 Å². The van der Waals surface area contributed by atoms with Gasteiger partial charge in [-0.2, -0.15) is 0 Å². The molecule has 0 N–H and O–H groups in total. The van der Waals surface area contributed by atoms with E-state index in [0.29, 0.717) is 11.9 Å². The van der Waals surface area contributed by atoms with Gasteiger partial charge in [0.2, 0.25) is 5.91 Å². The number of hydrogen-bond acceptors (Lipinski definition) is 3. The van der Waals surface area contributed by atoms with Crippen LogP contribution in [0.4, 0.5) is 0 Å². The van der Waals surface area contributed by atoms with Gasteiger partial charge in [0.1, 0.15) is 0 Å². The van der Waals surface area contributed by atoms with Crippen molar-refractivity contribution >= 4 is 17.2 Å². The lowest BCUT2D eigenvalue weighted by Crippen LogP contribution is -2.47. The number of benzene rings is 1. The zero-order valence-corrected chi connectivity index (χ0v) is 15.0. The third kappa shape index (κ3) is 3.26. The predicted molar refractivity (Wildman–Crippen MR) is 97.8 cm³/mol. The van der Waals surface area contributed by atoms with Crippen LogP contribution in [0.5, 0.6) is 0 Å². The fraction of sp³-hybridized carbons (Fsp3) is 0.450. The van der Waals surface area contributed by atoms with Crippen LogP contribution >= 0.6 is 11.3 Å². The second kappa shape index (κ2) is 6.69. The van der Waals surface area contributed by atoms with Crippen LogP contribution in [-0.4, -0.2) is 34.8 Å². The number of carbonyl (C=O) groups excluding carboxylic acids is 1. The van der Waals surface area contributed by atoms with Crippen LogP contribution in [0, 0.1) is 12.8 Å². The van der Waals surface area contributed by atoms with Crippen LogP contribution in [0.25, 0.3) is 0 Å². The molecule has 4 heterocycles. The molecule has 3 saturated heterocycles. The topological polar surface area (TPSA) is 23.6 Å². The van der Waals surface area contributed by atoms with Crippen LogP contribution in [-0.2, 0) is 17.9 Å². The van der Waals surface area contributed by atoms with Crippen molar-refractivity contribution < 1.29 is 4.79 Å². The molecule has 3 aliphatic heterocycles. The summed E-state index contributed by atoms with van der Waals surface area (Å²) in [5.41, 5.74) is 1.24. The molecule has 0 aliphatic carbocycles. The second-order valence-electron chi connectivity index (χ2n) is 7.09. The number of piperidine rings is 1. The molecule has 1 aromatic carbocycles. The highest BCUT2D eigenvalue weighted by Gasteiger charge is 2.40. The lowest BCUT2D eigenvalue weighted by atomic mass is 9.93. The SMILES string of the molecule is Cc1ccc(CN2C[C@@H]3CC[C@H](C2)N(Cc2ccccc2)C3=O)s1. The summed E-state index contributed by atoms with van der Waals surface area (Å²) in [5, 5.41) is 0. The van der Waals surface area contributed by atoms with E-state index in [4.69, 9.17) is 0 Å². The summed E-state index contributed by atoms with van der Waals surface area (Å²) in [6.07, 6.45) is 2.19. The first-order valence-corrected chi connectivity index (χ1v) is 9.63. The number of amides is 1. The van der Waals surface area contributed by atoms with Crippen molar-refractivity contribution in [3.63, 3.8) is 0 Å². The molecule has 0 spiro atoms. The Morgan fingerprint density at radius 3 is 2.62 bits per heavy atom. The van der Waals surface area contributed by atoms with Gasteiger partial charge in [-0.3, -0.25) is 9.69 Å². The predicted octanol–water partition coefficient (Wildman–Crippen LogP) is 3.68. The summed E-state index contributed by atoms with van der Waals surface area (Å²) >= 11 is 1.88. The summed E-state index contributed by atoms with van der Waals surface area (Å²) in [5.74, 6) is 0.536. The maximum Gasteiger partial charge on any atom is 0.227 e. The molecule has 5 rings (SSSR count). The molecule has 0 unspecified atom stereocenters. The van der Waals surface area contributed by atoms with Gasteiger partial charge >= 0.3 is 0 Å². The number of fused-ring (bicyclic) bond motifs is 4. The molecule has 1 amide bonds. The van der Waals surface area contributed by atoms with E-state index in [1.54, 1.807) is 0 Å². The van der Waals surface area contributed by atoms with Crippen molar-refractivity contribution in [2.24, 2.45) is 5.92 Å². The first-order chi connectivity index (χ1) is 11.7. The Labute approximate surface area is 147 Å². The minimum Gasteiger partial charge on any atom is -0.334 e. The largest absolute Gasteiger partial charge is 0.334 e. The van der Waals surface area contributed by atoms with Gasteiger partial charge in [-0.15, -0.1) is 11.3 Å². The minimum atomic E-state index is 0.175. The second-order valence-corrected chi connectivity index (χ2v) is 8.46. The first kappa shape index (κ1) is 15.9. The number of thiophene rings is 1. The maximum atomic E-state index is 12.9. The van der Waals surface area contributed by atoms with E-state index in [-0.39, 0.29) is 5.92 Å². The summed E-state index contributed by atoms with van der Waals surface area (Å²) in [7, 11) is 0. The number of aryl methyl sites for hydroxylation is 1. The Balaban J connectivity index is 1.50. The molecule has 2 bridgehead atoms. The Kier molecular flexibility index (Phi) is 4.42. The van der Waals surface area contributed by atoms with Gasteiger partial charge in [-0.25, -0.2) is 0 Å². The van der Waals surface area contributed by atoms with E-state index in [1.807, 2.05) is 17.4 Å². The molecule has 1 aromatic heterocycles. The van der Waals surface area contributed by atoms with Crippen LogP contribution in [0.3, 0.4) is 0 Å². The van der Waals surface area contributed by atoms with Gasteiger partial charge in [0.05, 0.1) is 5.92 Å². The van der Waals surface area contributed by atoms with Gasteiger partial charge in [0.15, 0.2) is 0 Å². The van der Waals surface area contributed by atoms with Crippen LogP contribution in [0.2, 0.25) is 0 Å². The first-order valence-electron chi connectivity index (χ1n) is 8.81. The Morgan fingerprint density at radius 1 is 1.04 bits per heavy atom. The van der Waals surface area contributed by atoms with Gasteiger partial charge in [-0.1, -0.05) is 30.3 Å². The summed E-state index contributed by atoms with van der Waals surface area (Å²) in [6, 6.07) is 15.2. The fourth-order valence-electron chi connectivity index (χ4n) is 4.04. The minimum absolute atomic E-state index is 0.175. The zero-order valence-electron chi connectivity index (χ0n) is 14.1. The van der Waals surface area contributed by atoms with E-state index in [2.05, 4.69) is 53.1 Å². The van der Waals surface area contributed by atoms with Crippen molar-refractivity contribution in [2.75, 3.05) is 13.1 Å². The maximum absolute atomic E-state index is 12.9. The van der Waals surface area contributed by atoms with Crippen LogP contribution in [0.1, 0.15) is 28.2 Å². The Bertz CT molecular complexity index is 711. The van der Waals surface area contributed by atoms with E-state index >= 15 is 0 Å². The van der Waals surface area contributed by atoms with Gasteiger partial charge in [-0.05, 0) is 37.5 Å². The summed E-state index contributed by atoms with van der Waals surface area (Å²) in [6.45, 7) is 5.82. The fourth-order valence-corrected chi connectivity index (χ4v) is 4.97. The van der Waals surface area contributed by atoms with Crippen molar-refractivity contribution in [2.45, 2.75) is 38.9 Å². The molecule has 3 aliphatic rings. The third-order valence-electron chi connectivity index (χ3n) is 5.24. The number of hydrogen-bond donors (Lipinski definition) is 0. The average Bonchev–Trinajstić information content (AvgIpc) is 2.82. The van der Waals surface area contributed by atoms with Crippen LogP contribution < -0.4 is 0 Å². The van der Waals surface area contributed by atoms with E-state index in [0.717, 1.165) is 39.0 Å². The molecule has 4 heteroatoms. The molecule has 2 atom stereocenters. The van der Waals surface area contributed by atoms with E-state index < -0.39 is 0 Å². The molecular weight excluding hydrogens is 316 g/mol.